The number of nitrogens with two attached hydrogens (primary N) is 1. The third-order valence-corrected chi connectivity index (χ3v) is 3.76. The van der Waals surface area contributed by atoms with Crippen molar-refractivity contribution in [3.63, 3.8) is 0 Å². The second-order valence-corrected chi connectivity index (χ2v) is 4.92. The molecule has 0 radical (unpaired) electrons. The zero-order valence-corrected chi connectivity index (χ0v) is 11.1. The maximum Gasteiger partial charge on any atom is 0.123 e. The van der Waals surface area contributed by atoms with Gasteiger partial charge in [-0.05, 0) is 48.9 Å². The third kappa shape index (κ3) is 3.43. The number of halogens is 2. The van der Waals surface area contributed by atoms with Crippen molar-refractivity contribution in [1.29, 1.82) is 0 Å². The molecule has 1 aliphatic rings. The van der Waals surface area contributed by atoms with Gasteiger partial charge in [0.15, 0.2) is 0 Å². The summed E-state index contributed by atoms with van der Waals surface area (Å²) in [7, 11) is 0. The van der Waals surface area contributed by atoms with Crippen LogP contribution in [0, 0.1) is 18.7 Å². The van der Waals surface area contributed by atoms with E-state index in [0.29, 0.717) is 5.92 Å². The molecule has 17 heavy (non-hydrogen) atoms. The lowest BCUT2D eigenvalue weighted by molar-refractivity contribution is 0.307. The molecule has 0 spiro atoms. The molecule has 0 heterocycles. The van der Waals surface area contributed by atoms with Gasteiger partial charge in [-0.2, -0.15) is 0 Å². The average molecular weight is 258 g/mol. The standard InChI is InChI=1S/C14H20FN.ClH/c1-10-7-8-12(15)9-13(10)14(16)11-5-3-2-4-6-11;/h7-9,11,14H,2-6,16H2,1H3;1H/t14-;/m1./s1. The summed E-state index contributed by atoms with van der Waals surface area (Å²) in [6.45, 7) is 2.01. The molecule has 1 aliphatic carbocycles. The predicted molar refractivity (Wildman–Crippen MR) is 71.9 cm³/mol. The van der Waals surface area contributed by atoms with Gasteiger partial charge < -0.3 is 5.73 Å². The summed E-state index contributed by atoms with van der Waals surface area (Å²) < 4.78 is 13.2. The third-order valence-electron chi connectivity index (χ3n) is 3.76. The van der Waals surface area contributed by atoms with E-state index in [1.54, 1.807) is 6.07 Å². The van der Waals surface area contributed by atoms with Crippen LogP contribution in [0.2, 0.25) is 0 Å². The van der Waals surface area contributed by atoms with Crippen LogP contribution in [0.25, 0.3) is 0 Å². The van der Waals surface area contributed by atoms with Crippen molar-refractivity contribution in [2.75, 3.05) is 0 Å². The van der Waals surface area contributed by atoms with Crippen LogP contribution >= 0.6 is 12.4 Å². The lowest BCUT2D eigenvalue weighted by atomic mass is 9.80. The Morgan fingerprint density at radius 1 is 1.24 bits per heavy atom. The summed E-state index contributed by atoms with van der Waals surface area (Å²) in [6, 6.07) is 4.95. The van der Waals surface area contributed by atoms with Crippen LogP contribution in [-0.4, -0.2) is 0 Å². The van der Waals surface area contributed by atoms with Crippen molar-refractivity contribution < 1.29 is 4.39 Å². The number of benzene rings is 1. The number of hydrogen-bond donors (Lipinski definition) is 1. The van der Waals surface area contributed by atoms with E-state index in [2.05, 4.69) is 0 Å². The van der Waals surface area contributed by atoms with E-state index in [0.717, 1.165) is 11.1 Å². The topological polar surface area (TPSA) is 26.0 Å². The Bertz CT molecular complexity index is 361. The Morgan fingerprint density at radius 3 is 2.53 bits per heavy atom. The molecular formula is C14H21ClFN. The molecule has 1 atom stereocenters. The van der Waals surface area contributed by atoms with E-state index in [1.807, 2.05) is 13.0 Å². The zero-order valence-electron chi connectivity index (χ0n) is 10.3. The Balaban J connectivity index is 0.00000144. The maximum atomic E-state index is 13.2. The van der Waals surface area contributed by atoms with Gasteiger partial charge in [-0.25, -0.2) is 4.39 Å². The van der Waals surface area contributed by atoms with Gasteiger partial charge in [0, 0.05) is 6.04 Å². The summed E-state index contributed by atoms with van der Waals surface area (Å²) in [5, 5.41) is 0. The largest absolute Gasteiger partial charge is 0.324 e. The van der Waals surface area contributed by atoms with Crippen LogP contribution in [0.15, 0.2) is 18.2 Å². The maximum absolute atomic E-state index is 13.2. The lowest BCUT2D eigenvalue weighted by Gasteiger charge is -2.28. The van der Waals surface area contributed by atoms with Crippen LogP contribution in [0.1, 0.15) is 49.3 Å². The second kappa shape index (κ2) is 6.36. The molecule has 3 heteroatoms. The van der Waals surface area contributed by atoms with Crippen molar-refractivity contribution in [2.45, 2.75) is 45.1 Å². The lowest BCUT2D eigenvalue weighted by Crippen LogP contribution is -2.24. The summed E-state index contributed by atoms with van der Waals surface area (Å²) in [4.78, 5) is 0. The van der Waals surface area contributed by atoms with Gasteiger partial charge >= 0.3 is 0 Å². The number of aryl methyl sites for hydroxylation is 1. The van der Waals surface area contributed by atoms with Gasteiger partial charge in [-0.15, -0.1) is 12.4 Å². The summed E-state index contributed by atoms with van der Waals surface area (Å²) in [5.74, 6) is 0.362. The first-order valence-electron chi connectivity index (χ1n) is 6.20. The van der Waals surface area contributed by atoms with Gasteiger partial charge in [-0.3, -0.25) is 0 Å². The number of hydrogen-bond acceptors (Lipinski definition) is 1. The molecule has 0 saturated heterocycles. The quantitative estimate of drug-likeness (QED) is 0.847. The summed E-state index contributed by atoms with van der Waals surface area (Å²) >= 11 is 0. The van der Waals surface area contributed by atoms with Crippen LogP contribution in [0.3, 0.4) is 0 Å². The van der Waals surface area contributed by atoms with E-state index < -0.39 is 0 Å². The summed E-state index contributed by atoms with van der Waals surface area (Å²) in [6.07, 6.45) is 6.25. The molecule has 0 unspecified atom stereocenters. The highest BCUT2D eigenvalue weighted by atomic mass is 35.5. The highest BCUT2D eigenvalue weighted by Gasteiger charge is 2.23. The first kappa shape index (κ1) is 14.5. The molecule has 0 aromatic heterocycles. The van der Waals surface area contributed by atoms with Crippen molar-refractivity contribution in [2.24, 2.45) is 11.7 Å². The minimum atomic E-state index is -0.174. The van der Waals surface area contributed by atoms with Crippen LogP contribution in [0.4, 0.5) is 4.39 Å². The Hall–Kier alpha value is -0.600. The van der Waals surface area contributed by atoms with Crippen LogP contribution in [0.5, 0.6) is 0 Å². The van der Waals surface area contributed by atoms with Crippen molar-refractivity contribution in [3.05, 3.63) is 35.1 Å². The molecule has 1 saturated carbocycles. The monoisotopic (exact) mass is 257 g/mol. The van der Waals surface area contributed by atoms with E-state index in [4.69, 9.17) is 5.73 Å². The molecule has 1 aromatic rings. The van der Waals surface area contributed by atoms with Gasteiger partial charge in [0.05, 0.1) is 0 Å². The fourth-order valence-electron chi connectivity index (χ4n) is 2.72. The second-order valence-electron chi connectivity index (χ2n) is 4.92. The van der Waals surface area contributed by atoms with E-state index in [1.165, 1.54) is 38.2 Å². The zero-order chi connectivity index (χ0) is 11.5. The normalized spacial score (nSPS) is 18.5. The summed E-state index contributed by atoms with van der Waals surface area (Å²) in [5.41, 5.74) is 8.38. The molecule has 1 nitrogen and oxygen atoms in total. The smallest absolute Gasteiger partial charge is 0.123 e. The minimum Gasteiger partial charge on any atom is -0.324 e. The van der Waals surface area contributed by atoms with Crippen molar-refractivity contribution in [3.8, 4) is 0 Å². The van der Waals surface area contributed by atoms with E-state index in [-0.39, 0.29) is 24.3 Å². The van der Waals surface area contributed by atoms with Gasteiger partial charge in [-0.1, -0.05) is 25.3 Å². The molecule has 1 aromatic carbocycles. The predicted octanol–water partition coefficient (Wildman–Crippen LogP) is 4.14. The average Bonchev–Trinajstić information content (AvgIpc) is 2.32. The highest BCUT2D eigenvalue weighted by Crippen LogP contribution is 2.34. The van der Waals surface area contributed by atoms with E-state index >= 15 is 0 Å². The molecule has 1 fully saturated rings. The Kier molecular flexibility index (Phi) is 5.41. The first-order valence-corrected chi connectivity index (χ1v) is 6.20. The number of rotatable bonds is 2. The molecule has 96 valence electrons. The first-order chi connectivity index (χ1) is 7.68. The van der Waals surface area contributed by atoms with E-state index in [9.17, 15) is 4.39 Å². The van der Waals surface area contributed by atoms with Gasteiger partial charge in [0.2, 0.25) is 0 Å². The Labute approximate surface area is 109 Å². The Morgan fingerprint density at radius 2 is 1.88 bits per heavy atom. The van der Waals surface area contributed by atoms with Gasteiger partial charge in [0.25, 0.3) is 0 Å². The molecular weight excluding hydrogens is 237 g/mol. The van der Waals surface area contributed by atoms with Crippen LogP contribution < -0.4 is 5.73 Å². The SMILES string of the molecule is Cc1ccc(F)cc1[C@H](N)C1CCCCC1.Cl. The fraction of sp³-hybridized carbons (Fsp3) is 0.571. The molecule has 2 rings (SSSR count). The molecule has 2 N–H and O–H groups in total. The van der Waals surface area contributed by atoms with Crippen molar-refractivity contribution in [1.82, 2.24) is 0 Å². The highest BCUT2D eigenvalue weighted by molar-refractivity contribution is 5.85. The van der Waals surface area contributed by atoms with Crippen LogP contribution in [-0.2, 0) is 0 Å². The van der Waals surface area contributed by atoms with Crippen molar-refractivity contribution >= 4 is 12.4 Å². The molecule has 0 aliphatic heterocycles. The van der Waals surface area contributed by atoms with Gasteiger partial charge in [0.1, 0.15) is 5.82 Å². The molecule has 0 amide bonds. The molecule has 0 bridgehead atoms. The fourth-order valence-corrected chi connectivity index (χ4v) is 2.72. The minimum absolute atomic E-state index is 0.